The minimum Gasteiger partial charge on any atom is -0.459 e. The van der Waals surface area contributed by atoms with E-state index in [2.05, 4.69) is 47.5 Å². The maximum atomic E-state index is 12.5. The summed E-state index contributed by atoms with van der Waals surface area (Å²) in [6, 6.07) is 14.3. The summed E-state index contributed by atoms with van der Waals surface area (Å²) in [7, 11) is 0. The Balaban J connectivity index is 0.00000256. The third-order valence-corrected chi connectivity index (χ3v) is 6.16. The summed E-state index contributed by atoms with van der Waals surface area (Å²) in [5.41, 5.74) is 1.58. The number of nitrogens with one attached hydrogen (secondary N) is 1. The summed E-state index contributed by atoms with van der Waals surface area (Å²) < 4.78 is 5.26. The third-order valence-electron chi connectivity index (χ3n) is 6.16. The van der Waals surface area contributed by atoms with Crippen LogP contribution in [0, 0.1) is 0 Å². The van der Waals surface area contributed by atoms with E-state index in [4.69, 9.17) is 9.41 Å². The van der Waals surface area contributed by atoms with E-state index in [-0.39, 0.29) is 35.3 Å². The molecule has 7 heteroatoms. The SMILES string of the molecule is CCNC(=NCC1(c2ccccc2)CCC1)N1CCN(C(=O)c2ccco2)CC1.I. The number of carbonyl (C=O) groups is 1. The fourth-order valence-corrected chi connectivity index (χ4v) is 4.26. The summed E-state index contributed by atoms with van der Waals surface area (Å²) in [6.07, 6.45) is 5.22. The first kappa shape index (κ1) is 22.7. The Morgan fingerprint density at radius 3 is 2.33 bits per heavy atom. The van der Waals surface area contributed by atoms with Crippen molar-refractivity contribution in [2.24, 2.45) is 4.99 Å². The van der Waals surface area contributed by atoms with E-state index < -0.39 is 0 Å². The Bertz CT molecular complexity index is 826. The Labute approximate surface area is 195 Å². The minimum atomic E-state index is -0.0333. The van der Waals surface area contributed by atoms with Gasteiger partial charge in [0.25, 0.3) is 5.91 Å². The standard InChI is InChI=1S/C23H30N4O2.HI/c1-2-24-22(25-18-23(11-7-12-23)19-8-4-3-5-9-19)27-15-13-26(14-16-27)21(28)20-10-6-17-29-20;/h3-6,8-10,17H,2,7,11-16,18H2,1H3,(H,24,25);1H. The second-order valence-corrected chi connectivity index (χ2v) is 7.93. The number of benzene rings is 1. The zero-order valence-electron chi connectivity index (χ0n) is 17.5. The van der Waals surface area contributed by atoms with Crippen LogP contribution in [0.15, 0.2) is 58.1 Å². The second kappa shape index (κ2) is 10.3. The summed E-state index contributed by atoms with van der Waals surface area (Å²) in [5.74, 6) is 1.34. The summed E-state index contributed by atoms with van der Waals surface area (Å²) in [6.45, 7) is 6.64. The molecule has 1 saturated carbocycles. The van der Waals surface area contributed by atoms with Gasteiger partial charge in [0.15, 0.2) is 11.7 Å². The topological polar surface area (TPSA) is 61.1 Å². The lowest BCUT2D eigenvalue weighted by Gasteiger charge is -2.42. The first-order valence-electron chi connectivity index (χ1n) is 10.6. The molecule has 1 N–H and O–H groups in total. The van der Waals surface area contributed by atoms with Gasteiger partial charge in [-0.25, -0.2) is 0 Å². The Kier molecular flexibility index (Phi) is 7.80. The molecule has 1 aromatic carbocycles. The van der Waals surface area contributed by atoms with Crippen LogP contribution in [0.2, 0.25) is 0 Å². The molecule has 6 nitrogen and oxygen atoms in total. The van der Waals surface area contributed by atoms with Crippen LogP contribution in [-0.4, -0.2) is 60.9 Å². The molecule has 0 unspecified atom stereocenters. The molecule has 162 valence electrons. The lowest BCUT2D eigenvalue weighted by molar-refractivity contribution is 0.0657. The first-order valence-corrected chi connectivity index (χ1v) is 10.6. The van der Waals surface area contributed by atoms with Gasteiger partial charge in [-0.3, -0.25) is 9.79 Å². The molecule has 0 bridgehead atoms. The normalized spacial score (nSPS) is 18.4. The number of carbonyl (C=O) groups excluding carboxylic acids is 1. The average molecular weight is 522 g/mol. The van der Waals surface area contributed by atoms with E-state index in [1.807, 2.05) is 4.90 Å². The van der Waals surface area contributed by atoms with Crippen LogP contribution in [0.3, 0.4) is 0 Å². The molecular formula is C23H31IN4O2. The smallest absolute Gasteiger partial charge is 0.289 e. The zero-order valence-corrected chi connectivity index (χ0v) is 19.9. The molecule has 0 atom stereocenters. The molecule has 2 heterocycles. The number of rotatable bonds is 5. The van der Waals surface area contributed by atoms with Crippen LogP contribution in [0.1, 0.15) is 42.3 Å². The largest absolute Gasteiger partial charge is 0.459 e. The number of furan rings is 1. The fraction of sp³-hybridized carbons (Fsp3) is 0.478. The van der Waals surface area contributed by atoms with Gasteiger partial charge in [0.1, 0.15) is 0 Å². The number of hydrogen-bond acceptors (Lipinski definition) is 3. The third kappa shape index (κ3) is 4.82. The van der Waals surface area contributed by atoms with Crippen LogP contribution >= 0.6 is 24.0 Å². The van der Waals surface area contributed by atoms with Crippen molar-refractivity contribution in [1.82, 2.24) is 15.1 Å². The predicted molar refractivity (Wildman–Crippen MR) is 130 cm³/mol. The van der Waals surface area contributed by atoms with Crippen molar-refractivity contribution < 1.29 is 9.21 Å². The van der Waals surface area contributed by atoms with Crippen molar-refractivity contribution in [1.29, 1.82) is 0 Å². The minimum absolute atomic E-state index is 0. The Hall–Kier alpha value is -2.03. The predicted octanol–water partition coefficient (Wildman–Crippen LogP) is 3.74. The highest BCUT2D eigenvalue weighted by Gasteiger charge is 2.38. The lowest BCUT2D eigenvalue weighted by atomic mass is 9.64. The van der Waals surface area contributed by atoms with Crippen LogP contribution in [0.25, 0.3) is 0 Å². The van der Waals surface area contributed by atoms with Crippen molar-refractivity contribution in [3.8, 4) is 0 Å². The molecule has 1 aliphatic carbocycles. The summed E-state index contributed by atoms with van der Waals surface area (Å²) in [4.78, 5) is 21.7. The monoisotopic (exact) mass is 522 g/mol. The number of aliphatic imine (C=N–C) groups is 1. The first-order chi connectivity index (χ1) is 14.2. The van der Waals surface area contributed by atoms with Gasteiger partial charge in [-0.05, 0) is 37.5 Å². The highest BCUT2D eigenvalue weighted by atomic mass is 127. The van der Waals surface area contributed by atoms with E-state index in [1.54, 1.807) is 18.4 Å². The molecule has 2 aromatic rings. The summed E-state index contributed by atoms with van der Waals surface area (Å²) >= 11 is 0. The van der Waals surface area contributed by atoms with E-state index in [9.17, 15) is 4.79 Å². The van der Waals surface area contributed by atoms with Crippen LogP contribution < -0.4 is 5.32 Å². The number of halogens is 1. The number of nitrogens with zero attached hydrogens (tertiary/aromatic N) is 3. The highest BCUT2D eigenvalue weighted by molar-refractivity contribution is 14.0. The molecule has 4 rings (SSSR count). The molecule has 2 aliphatic rings. The molecule has 1 aromatic heterocycles. The van der Waals surface area contributed by atoms with Gasteiger partial charge in [-0.2, -0.15) is 0 Å². The van der Waals surface area contributed by atoms with E-state index in [0.717, 1.165) is 32.1 Å². The second-order valence-electron chi connectivity index (χ2n) is 7.93. The average Bonchev–Trinajstić information content (AvgIpc) is 3.27. The van der Waals surface area contributed by atoms with Gasteiger partial charge in [-0.1, -0.05) is 36.8 Å². The van der Waals surface area contributed by atoms with Gasteiger partial charge in [0.05, 0.1) is 12.8 Å². The molecule has 0 spiro atoms. The highest BCUT2D eigenvalue weighted by Crippen LogP contribution is 2.43. The van der Waals surface area contributed by atoms with Crippen LogP contribution in [0.4, 0.5) is 0 Å². The molecule has 1 amide bonds. The number of amides is 1. The van der Waals surface area contributed by atoms with E-state index in [1.165, 1.54) is 24.8 Å². The van der Waals surface area contributed by atoms with Gasteiger partial charge < -0.3 is 19.5 Å². The zero-order chi connectivity index (χ0) is 20.1. The van der Waals surface area contributed by atoms with E-state index >= 15 is 0 Å². The van der Waals surface area contributed by atoms with Crippen molar-refractivity contribution in [3.05, 3.63) is 60.1 Å². The molecule has 1 saturated heterocycles. The van der Waals surface area contributed by atoms with Gasteiger partial charge in [0.2, 0.25) is 0 Å². The quantitative estimate of drug-likeness (QED) is 0.370. The van der Waals surface area contributed by atoms with Crippen molar-refractivity contribution in [3.63, 3.8) is 0 Å². The molecule has 0 radical (unpaired) electrons. The number of guanidine groups is 1. The van der Waals surface area contributed by atoms with Gasteiger partial charge in [-0.15, -0.1) is 24.0 Å². The molecular weight excluding hydrogens is 491 g/mol. The maximum absolute atomic E-state index is 12.5. The van der Waals surface area contributed by atoms with Gasteiger partial charge >= 0.3 is 0 Å². The maximum Gasteiger partial charge on any atom is 0.289 e. The van der Waals surface area contributed by atoms with Crippen LogP contribution in [0.5, 0.6) is 0 Å². The molecule has 1 aliphatic heterocycles. The molecule has 30 heavy (non-hydrogen) atoms. The number of piperazine rings is 1. The van der Waals surface area contributed by atoms with E-state index in [0.29, 0.717) is 18.8 Å². The fourth-order valence-electron chi connectivity index (χ4n) is 4.26. The van der Waals surface area contributed by atoms with Crippen molar-refractivity contribution in [2.45, 2.75) is 31.6 Å². The van der Waals surface area contributed by atoms with Crippen molar-refractivity contribution in [2.75, 3.05) is 39.3 Å². The van der Waals surface area contributed by atoms with Gasteiger partial charge in [0, 0.05) is 38.1 Å². The lowest BCUT2D eigenvalue weighted by Crippen LogP contribution is -2.54. The van der Waals surface area contributed by atoms with Crippen molar-refractivity contribution >= 4 is 35.8 Å². The number of hydrogen-bond donors (Lipinski definition) is 1. The van der Waals surface area contributed by atoms with Crippen LogP contribution in [-0.2, 0) is 5.41 Å². The molecule has 2 fully saturated rings. The Morgan fingerprint density at radius 1 is 1.07 bits per heavy atom. The summed E-state index contributed by atoms with van der Waals surface area (Å²) in [5, 5.41) is 3.45. The Morgan fingerprint density at radius 2 is 1.77 bits per heavy atom.